The molecule has 24 heavy (non-hydrogen) atoms. The summed E-state index contributed by atoms with van der Waals surface area (Å²) in [7, 11) is 0. The van der Waals surface area contributed by atoms with Crippen molar-refractivity contribution in [2.24, 2.45) is 0 Å². The first-order valence-electron chi connectivity index (χ1n) is 7.85. The Morgan fingerprint density at radius 1 is 0.708 bits per heavy atom. The molecule has 0 radical (unpaired) electrons. The molecule has 0 aromatic heterocycles. The summed E-state index contributed by atoms with van der Waals surface area (Å²) in [5, 5.41) is -0.434. The predicted octanol–water partition coefficient (Wildman–Crippen LogP) is 5.27. The SMILES string of the molecule is O=C(Cl)c1ccccc1N(Cc1ccccc1)Cc1ccccc1. The quantitative estimate of drug-likeness (QED) is 0.572. The van der Waals surface area contributed by atoms with Crippen LogP contribution in [-0.4, -0.2) is 5.24 Å². The van der Waals surface area contributed by atoms with Crippen LogP contribution in [0.5, 0.6) is 0 Å². The van der Waals surface area contributed by atoms with E-state index in [2.05, 4.69) is 29.2 Å². The molecule has 2 nitrogen and oxygen atoms in total. The minimum atomic E-state index is -0.434. The van der Waals surface area contributed by atoms with Crippen molar-refractivity contribution in [1.29, 1.82) is 0 Å². The lowest BCUT2D eigenvalue weighted by atomic mass is 10.1. The molecule has 0 unspecified atom stereocenters. The van der Waals surface area contributed by atoms with Gasteiger partial charge >= 0.3 is 0 Å². The number of rotatable bonds is 6. The first-order valence-corrected chi connectivity index (χ1v) is 8.23. The van der Waals surface area contributed by atoms with Crippen LogP contribution in [0.15, 0.2) is 84.9 Å². The fourth-order valence-corrected chi connectivity index (χ4v) is 2.91. The van der Waals surface area contributed by atoms with E-state index >= 15 is 0 Å². The normalized spacial score (nSPS) is 10.4. The van der Waals surface area contributed by atoms with E-state index in [1.165, 1.54) is 11.1 Å². The van der Waals surface area contributed by atoms with Gasteiger partial charge in [0.1, 0.15) is 0 Å². The third-order valence-corrected chi connectivity index (χ3v) is 4.09. The Kier molecular flexibility index (Phi) is 5.29. The lowest BCUT2D eigenvalue weighted by molar-refractivity contribution is 0.108. The highest BCUT2D eigenvalue weighted by Crippen LogP contribution is 2.26. The summed E-state index contributed by atoms with van der Waals surface area (Å²) >= 11 is 5.79. The zero-order valence-electron chi connectivity index (χ0n) is 13.2. The van der Waals surface area contributed by atoms with Crippen molar-refractivity contribution < 1.29 is 4.79 Å². The Hall–Kier alpha value is -2.58. The van der Waals surface area contributed by atoms with Gasteiger partial charge in [-0.2, -0.15) is 0 Å². The number of halogens is 1. The van der Waals surface area contributed by atoms with Crippen LogP contribution in [-0.2, 0) is 13.1 Å². The third-order valence-electron chi connectivity index (χ3n) is 3.89. The van der Waals surface area contributed by atoms with E-state index in [0.717, 1.165) is 5.69 Å². The fourth-order valence-electron chi connectivity index (χ4n) is 2.75. The minimum absolute atomic E-state index is 0.434. The molecule has 0 saturated carbocycles. The van der Waals surface area contributed by atoms with Crippen molar-refractivity contribution in [1.82, 2.24) is 0 Å². The second kappa shape index (κ2) is 7.80. The predicted molar refractivity (Wildman–Crippen MR) is 99.4 cm³/mol. The van der Waals surface area contributed by atoms with E-state index in [1.54, 1.807) is 6.07 Å². The Bertz CT molecular complexity index is 761. The van der Waals surface area contributed by atoms with Gasteiger partial charge in [0.15, 0.2) is 0 Å². The molecule has 3 rings (SSSR count). The van der Waals surface area contributed by atoms with Crippen molar-refractivity contribution in [3.05, 3.63) is 102 Å². The number of para-hydroxylation sites is 1. The number of carbonyl (C=O) groups excluding carboxylic acids is 1. The molecule has 0 spiro atoms. The molecule has 0 amide bonds. The van der Waals surface area contributed by atoms with E-state index in [-0.39, 0.29) is 0 Å². The molecule has 3 heteroatoms. The molecule has 0 atom stereocenters. The number of benzene rings is 3. The molecule has 0 heterocycles. The molecule has 0 bridgehead atoms. The van der Waals surface area contributed by atoms with Gasteiger partial charge in [0, 0.05) is 18.8 Å². The number of carbonyl (C=O) groups is 1. The van der Waals surface area contributed by atoms with E-state index < -0.39 is 5.24 Å². The summed E-state index contributed by atoms with van der Waals surface area (Å²) in [4.78, 5) is 14.0. The average Bonchev–Trinajstić information content (AvgIpc) is 2.63. The van der Waals surface area contributed by atoms with Gasteiger partial charge in [-0.05, 0) is 34.9 Å². The summed E-state index contributed by atoms with van der Waals surface area (Å²) in [5.74, 6) is 0. The Morgan fingerprint density at radius 3 is 1.67 bits per heavy atom. The molecule has 0 fully saturated rings. The maximum absolute atomic E-state index is 11.8. The molecule has 0 N–H and O–H groups in total. The van der Waals surface area contributed by atoms with Crippen LogP contribution in [0.1, 0.15) is 21.5 Å². The standard InChI is InChI=1S/C21H18ClNO/c22-21(24)19-13-7-8-14-20(19)23(15-17-9-3-1-4-10-17)16-18-11-5-2-6-12-18/h1-14H,15-16H2. The van der Waals surface area contributed by atoms with Crippen LogP contribution in [0.4, 0.5) is 5.69 Å². The largest absolute Gasteiger partial charge is 0.362 e. The van der Waals surface area contributed by atoms with E-state index in [9.17, 15) is 4.79 Å². The first kappa shape index (κ1) is 16.3. The molecule has 3 aromatic carbocycles. The van der Waals surface area contributed by atoms with Crippen LogP contribution in [0.25, 0.3) is 0 Å². The maximum Gasteiger partial charge on any atom is 0.254 e. The molecule has 0 aliphatic heterocycles. The second-order valence-electron chi connectivity index (χ2n) is 5.62. The Labute approximate surface area is 147 Å². The topological polar surface area (TPSA) is 20.3 Å². The van der Waals surface area contributed by atoms with Gasteiger partial charge in [-0.15, -0.1) is 0 Å². The maximum atomic E-state index is 11.8. The van der Waals surface area contributed by atoms with Gasteiger partial charge in [-0.3, -0.25) is 4.79 Å². The molecule has 3 aromatic rings. The summed E-state index contributed by atoms with van der Waals surface area (Å²) in [5.41, 5.74) is 3.76. The van der Waals surface area contributed by atoms with Gasteiger partial charge in [-0.25, -0.2) is 0 Å². The zero-order valence-corrected chi connectivity index (χ0v) is 14.0. The molecule has 0 aliphatic carbocycles. The van der Waals surface area contributed by atoms with Crippen LogP contribution < -0.4 is 4.90 Å². The smallest absolute Gasteiger partial charge is 0.254 e. The highest BCUT2D eigenvalue weighted by Gasteiger charge is 2.15. The van der Waals surface area contributed by atoms with Gasteiger partial charge in [-0.1, -0.05) is 72.8 Å². The van der Waals surface area contributed by atoms with E-state index in [0.29, 0.717) is 18.7 Å². The van der Waals surface area contributed by atoms with Gasteiger partial charge in [0.25, 0.3) is 5.24 Å². The second-order valence-corrected chi connectivity index (χ2v) is 5.96. The number of hydrogen-bond acceptors (Lipinski definition) is 2. The zero-order chi connectivity index (χ0) is 16.8. The molecule has 0 aliphatic rings. The summed E-state index contributed by atoms with van der Waals surface area (Å²) < 4.78 is 0. The molecule has 0 saturated heterocycles. The molecular weight excluding hydrogens is 318 g/mol. The minimum Gasteiger partial charge on any atom is -0.362 e. The summed E-state index contributed by atoms with van der Waals surface area (Å²) in [6.45, 7) is 1.41. The van der Waals surface area contributed by atoms with Crippen LogP contribution in [0.3, 0.4) is 0 Å². The Morgan fingerprint density at radius 2 is 1.17 bits per heavy atom. The number of hydrogen-bond donors (Lipinski definition) is 0. The average molecular weight is 336 g/mol. The highest BCUT2D eigenvalue weighted by atomic mass is 35.5. The van der Waals surface area contributed by atoms with Gasteiger partial charge in [0.05, 0.1) is 5.56 Å². The van der Waals surface area contributed by atoms with E-state index in [4.69, 9.17) is 11.6 Å². The van der Waals surface area contributed by atoms with Gasteiger partial charge < -0.3 is 4.90 Å². The monoisotopic (exact) mass is 335 g/mol. The van der Waals surface area contributed by atoms with Gasteiger partial charge in [0.2, 0.25) is 0 Å². The van der Waals surface area contributed by atoms with Crippen LogP contribution in [0.2, 0.25) is 0 Å². The van der Waals surface area contributed by atoms with Crippen LogP contribution in [0, 0.1) is 0 Å². The Balaban J connectivity index is 1.97. The van der Waals surface area contributed by atoms with Crippen molar-refractivity contribution in [2.45, 2.75) is 13.1 Å². The fraction of sp³-hybridized carbons (Fsp3) is 0.0952. The highest BCUT2D eigenvalue weighted by molar-refractivity contribution is 6.68. The van der Waals surface area contributed by atoms with Crippen molar-refractivity contribution in [3.8, 4) is 0 Å². The van der Waals surface area contributed by atoms with Crippen molar-refractivity contribution >= 4 is 22.5 Å². The molecule has 120 valence electrons. The summed E-state index contributed by atoms with van der Waals surface area (Å²) in [6, 6.07) is 27.9. The number of anilines is 1. The van der Waals surface area contributed by atoms with Crippen molar-refractivity contribution in [3.63, 3.8) is 0 Å². The van der Waals surface area contributed by atoms with Crippen LogP contribution >= 0.6 is 11.6 Å². The van der Waals surface area contributed by atoms with E-state index in [1.807, 2.05) is 54.6 Å². The number of nitrogens with zero attached hydrogens (tertiary/aromatic N) is 1. The summed E-state index contributed by atoms with van der Waals surface area (Å²) in [6.07, 6.45) is 0. The molecular formula is C21H18ClNO. The lowest BCUT2D eigenvalue weighted by Crippen LogP contribution is -2.23. The first-order chi connectivity index (χ1) is 11.7. The van der Waals surface area contributed by atoms with Crippen molar-refractivity contribution in [2.75, 3.05) is 4.90 Å². The lowest BCUT2D eigenvalue weighted by Gasteiger charge is -2.27. The third kappa shape index (κ3) is 4.03.